The standard InChI is InChI=1S/C24H30N6O2/c1-17-26-21-8-7-20(12-22(21)27-17)28-23(31)11-18-6-4-10-30(15-18)24(32)16-29(2)14-19-5-3-9-25-13-19/h3,5,7-9,12-13,18H,4,6,10-11,14-16H2,1-2H3,(H,26,27)(H,28,31). The van der Waals surface area contributed by atoms with Gasteiger partial charge in [-0.15, -0.1) is 0 Å². The summed E-state index contributed by atoms with van der Waals surface area (Å²) in [5, 5.41) is 2.99. The van der Waals surface area contributed by atoms with Gasteiger partial charge >= 0.3 is 0 Å². The van der Waals surface area contributed by atoms with Crippen LogP contribution in [0.4, 0.5) is 5.69 Å². The molecule has 0 spiro atoms. The monoisotopic (exact) mass is 434 g/mol. The van der Waals surface area contributed by atoms with Crippen LogP contribution in [0.2, 0.25) is 0 Å². The topological polar surface area (TPSA) is 94.2 Å². The third kappa shape index (κ3) is 5.70. The van der Waals surface area contributed by atoms with Crippen molar-refractivity contribution in [2.45, 2.75) is 32.7 Å². The van der Waals surface area contributed by atoms with Gasteiger partial charge in [-0.3, -0.25) is 19.5 Å². The third-order valence-electron chi connectivity index (χ3n) is 5.81. The summed E-state index contributed by atoms with van der Waals surface area (Å²) in [5.74, 6) is 1.12. The molecule has 1 aliphatic rings. The number of H-pyrrole nitrogens is 1. The van der Waals surface area contributed by atoms with E-state index in [-0.39, 0.29) is 17.7 Å². The molecule has 4 rings (SSSR count). The maximum Gasteiger partial charge on any atom is 0.236 e. The van der Waals surface area contributed by atoms with E-state index >= 15 is 0 Å². The first-order valence-corrected chi connectivity index (χ1v) is 11.1. The number of rotatable bonds is 7. The van der Waals surface area contributed by atoms with E-state index in [2.05, 4.69) is 20.3 Å². The third-order valence-corrected chi connectivity index (χ3v) is 5.81. The summed E-state index contributed by atoms with van der Waals surface area (Å²) in [4.78, 5) is 41.0. The minimum Gasteiger partial charge on any atom is -0.342 e. The number of aryl methyl sites for hydroxylation is 1. The number of fused-ring (bicyclic) bond motifs is 1. The minimum atomic E-state index is -0.0198. The number of aromatic nitrogens is 3. The number of carbonyl (C=O) groups is 2. The van der Waals surface area contributed by atoms with E-state index < -0.39 is 0 Å². The van der Waals surface area contributed by atoms with Crippen molar-refractivity contribution in [1.29, 1.82) is 0 Å². The number of carbonyl (C=O) groups excluding carboxylic acids is 2. The van der Waals surface area contributed by atoms with Crippen molar-refractivity contribution in [2.75, 3.05) is 32.0 Å². The minimum absolute atomic E-state index is 0.0198. The Bertz CT molecular complexity index is 1080. The molecular formula is C24H30N6O2. The Morgan fingerprint density at radius 2 is 2.19 bits per heavy atom. The number of imidazole rings is 1. The molecule has 8 nitrogen and oxygen atoms in total. The Hall–Kier alpha value is -3.26. The van der Waals surface area contributed by atoms with Crippen molar-refractivity contribution in [3.8, 4) is 0 Å². The molecule has 0 radical (unpaired) electrons. The van der Waals surface area contributed by atoms with Gasteiger partial charge < -0.3 is 15.2 Å². The zero-order valence-electron chi connectivity index (χ0n) is 18.7. The van der Waals surface area contributed by atoms with Gasteiger partial charge in [0, 0.05) is 44.1 Å². The summed E-state index contributed by atoms with van der Waals surface area (Å²) in [6, 6.07) is 9.59. The van der Waals surface area contributed by atoms with E-state index in [0.29, 0.717) is 26.1 Å². The molecule has 2 aromatic heterocycles. The highest BCUT2D eigenvalue weighted by Crippen LogP contribution is 2.22. The molecule has 32 heavy (non-hydrogen) atoms. The molecule has 3 heterocycles. The van der Waals surface area contributed by atoms with Crippen LogP contribution >= 0.6 is 0 Å². The van der Waals surface area contributed by atoms with Gasteiger partial charge in [0.25, 0.3) is 0 Å². The lowest BCUT2D eigenvalue weighted by atomic mass is 9.94. The average Bonchev–Trinajstić information content (AvgIpc) is 3.13. The van der Waals surface area contributed by atoms with Crippen molar-refractivity contribution in [1.82, 2.24) is 24.8 Å². The molecule has 2 N–H and O–H groups in total. The summed E-state index contributed by atoms with van der Waals surface area (Å²) in [6.07, 6.45) is 5.86. The average molecular weight is 435 g/mol. The van der Waals surface area contributed by atoms with Crippen LogP contribution in [0.3, 0.4) is 0 Å². The van der Waals surface area contributed by atoms with Crippen LogP contribution in [-0.4, -0.2) is 63.2 Å². The maximum absolute atomic E-state index is 12.8. The fraction of sp³-hybridized carbons (Fsp3) is 0.417. The number of anilines is 1. The molecule has 0 bridgehead atoms. The SMILES string of the molecule is Cc1nc2ccc(NC(=O)CC3CCCN(C(=O)CN(C)Cc4cccnc4)C3)cc2[nH]1. The zero-order chi connectivity index (χ0) is 22.5. The molecule has 1 unspecified atom stereocenters. The number of likely N-dealkylation sites (tertiary alicyclic amines) is 1. The Labute approximate surface area is 188 Å². The van der Waals surface area contributed by atoms with Gasteiger partial charge in [0.2, 0.25) is 11.8 Å². The first-order chi connectivity index (χ1) is 15.5. The Kier molecular flexibility index (Phi) is 6.80. The Balaban J connectivity index is 1.27. The highest BCUT2D eigenvalue weighted by Gasteiger charge is 2.26. The summed E-state index contributed by atoms with van der Waals surface area (Å²) in [7, 11) is 1.94. The highest BCUT2D eigenvalue weighted by atomic mass is 16.2. The van der Waals surface area contributed by atoms with Crippen LogP contribution in [0.5, 0.6) is 0 Å². The fourth-order valence-electron chi connectivity index (χ4n) is 4.34. The highest BCUT2D eigenvalue weighted by molar-refractivity contribution is 5.93. The number of benzene rings is 1. The molecule has 168 valence electrons. The van der Waals surface area contributed by atoms with E-state index in [1.165, 1.54) is 0 Å². The molecule has 1 aliphatic heterocycles. The van der Waals surface area contributed by atoms with E-state index in [4.69, 9.17) is 0 Å². The number of aromatic amines is 1. The number of hydrogen-bond donors (Lipinski definition) is 2. The van der Waals surface area contributed by atoms with Gasteiger partial charge in [-0.05, 0) is 62.6 Å². The lowest BCUT2D eigenvalue weighted by Crippen LogP contribution is -2.44. The molecule has 1 saturated heterocycles. The molecule has 1 aromatic carbocycles. The van der Waals surface area contributed by atoms with Gasteiger partial charge in [-0.25, -0.2) is 4.98 Å². The Morgan fingerprint density at radius 3 is 3.00 bits per heavy atom. The normalized spacial score (nSPS) is 16.5. The van der Waals surface area contributed by atoms with Crippen LogP contribution in [0.15, 0.2) is 42.7 Å². The molecule has 8 heteroatoms. The summed E-state index contributed by atoms with van der Waals surface area (Å²) in [6.45, 7) is 4.33. The van der Waals surface area contributed by atoms with Crippen molar-refractivity contribution < 1.29 is 9.59 Å². The van der Waals surface area contributed by atoms with Crippen molar-refractivity contribution in [3.05, 3.63) is 54.1 Å². The number of hydrogen-bond acceptors (Lipinski definition) is 5. The maximum atomic E-state index is 12.8. The first-order valence-electron chi connectivity index (χ1n) is 11.1. The van der Waals surface area contributed by atoms with Crippen LogP contribution in [0, 0.1) is 12.8 Å². The van der Waals surface area contributed by atoms with E-state index in [1.54, 1.807) is 6.20 Å². The lowest BCUT2D eigenvalue weighted by molar-refractivity contribution is -0.134. The smallest absolute Gasteiger partial charge is 0.236 e. The summed E-state index contributed by atoms with van der Waals surface area (Å²) >= 11 is 0. The largest absolute Gasteiger partial charge is 0.342 e. The van der Waals surface area contributed by atoms with Crippen LogP contribution in [-0.2, 0) is 16.1 Å². The number of nitrogens with one attached hydrogen (secondary N) is 2. The number of pyridine rings is 1. The van der Waals surface area contributed by atoms with Gasteiger partial charge in [-0.2, -0.15) is 0 Å². The summed E-state index contributed by atoms with van der Waals surface area (Å²) in [5.41, 5.74) is 3.63. The second kappa shape index (κ2) is 9.91. The zero-order valence-corrected chi connectivity index (χ0v) is 18.7. The van der Waals surface area contributed by atoms with Crippen LogP contribution in [0.1, 0.15) is 30.7 Å². The fourth-order valence-corrected chi connectivity index (χ4v) is 4.34. The van der Waals surface area contributed by atoms with E-state index in [0.717, 1.165) is 47.5 Å². The van der Waals surface area contributed by atoms with Gasteiger partial charge in [0.05, 0.1) is 17.6 Å². The van der Waals surface area contributed by atoms with Crippen LogP contribution in [0.25, 0.3) is 11.0 Å². The van der Waals surface area contributed by atoms with Crippen molar-refractivity contribution in [2.24, 2.45) is 5.92 Å². The number of nitrogens with zero attached hydrogens (tertiary/aromatic N) is 4. The molecule has 1 atom stereocenters. The molecule has 3 aromatic rings. The Morgan fingerprint density at radius 1 is 1.31 bits per heavy atom. The molecule has 2 amide bonds. The van der Waals surface area contributed by atoms with Gasteiger partial charge in [0.15, 0.2) is 0 Å². The molecule has 0 aliphatic carbocycles. The van der Waals surface area contributed by atoms with E-state index in [1.807, 2.05) is 60.3 Å². The first kappa shape index (κ1) is 22.0. The summed E-state index contributed by atoms with van der Waals surface area (Å²) < 4.78 is 0. The number of piperidine rings is 1. The molecule has 1 fully saturated rings. The molecular weight excluding hydrogens is 404 g/mol. The number of amides is 2. The van der Waals surface area contributed by atoms with E-state index in [9.17, 15) is 9.59 Å². The predicted octanol–water partition coefficient (Wildman–Crippen LogP) is 2.97. The second-order valence-corrected chi connectivity index (χ2v) is 8.69. The van der Waals surface area contributed by atoms with Crippen molar-refractivity contribution >= 4 is 28.5 Å². The molecule has 0 saturated carbocycles. The quantitative estimate of drug-likeness (QED) is 0.596. The second-order valence-electron chi connectivity index (χ2n) is 8.69. The predicted molar refractivity (Wildman–Crippen MR) is 124 cm³/mol. The van der Waals surface area contributed by atoms with Crippen LogP contribution < -0.4 is 5.32 Å². The number of likely N-dealkylation sites (N-methyl/N-ethyl adjacent to an activating group) is 1. The van der Waals surface area contributed by atoms with Gasteiger partial charge in [0.1, 0.15) is 5.82 Å². The van der Waals surface area contributed by atoms with Gasteiger partial charge in [-0.1, -0.05) is 6.07 Å². The van der Waals surface area contributed by atoms with Crippen molar-refractivity contribution in [3.63, 3.8) is 0 Å². The lowest BCUT2D eigenvalue weighted by Gasteiger charge is -2.33.